The molecule has 0 saturated heterocycles. The summed E-state index contributed by atoms with van der Waals surface area (Å²) >= 11 is 6.08. The predicted octanol–water partition coefficient (Wildman–Crippen LogP) is 3.43. The highest BCUT2D eigenvalue weighted by molar-refractivity contribution is 7.89. The number of rotatable bonds is 3. The number of nitrogen functional groups attached to an aromatic ring is 1. The summed E-state index contributed by atoms with van der Waals surface area (Å²) in [4.78, 5) is 0.177. The first-order valence-electron chi connectivity index (χ1n) is 7.27. The summed E-state index contributed by atoms with van der Waals surface area (Å²) in [6.07, 6.45) is 4.07. The van der Waals surface area contributed by atoms with Crippen molar-refractivity contribution in [3.05, 3.63) is 22.7 Å². The molecule has 1 aliphatic carbocycles. The van der Waals surface area contributed by atoms with E-state index in [9.17, 15) is 8.42 Å². The molecule has 1 aromatic carbocycles. The number of benzene rings is 1. The molecule has 2 atom stereocenters. The third-order valence-corrected chi connectivity index (χ3v) is 6.74. The van der Waals surface area contributed by atoms with Crippen LogP contribution in [0.4, 0.5) is 5.69 Å². The van der Waals surface area contributed by atoms with Gasteiger partial charge in [-0.25, -0.2) is 8.42 Å². The molecule has 0 spiro atoms. The van der Waals surface area contributed by atoms with Gasteiger partial charge in [0.2, 0.25) is 10.0 Å². The first-order valence-corrected chi connectivity index (χ1v) is 9.09. The molecule has 0 bridgehead atoms. The molecule has 2 rings (SSSR count). The van der Waals surface area contributed by atoms with E-state index in [4.69, 9.17) is 17.3 Å². The van der Waals surface area contributed by atoms with Crippen LogP contribution in [0.2, 0.25) is 5.02 Å². The number of hydrogen-bond donors (Lipinski definition) is 1. The first kappa shape index (κ1) is 16.6. The summed E-state index contributed by atoms with van der Waals surface area (Å²) in [5.41, 5.74) is 6.97. The minimum Gasteiger partial charge on any atom is -0.398 e. The number of halogens is 1. The maximum absolute atomic E-state index is 12.8. The highest BCUT2D eigenvalue weighted by Gasteiger charge is 2.31. The lowest BCUT2D eigenvalue weighted by Gasteiger charge is -2.33. The Kier molecular flexibility index (Phi) is 4.85. The van der Waals surface area contributed by atoms with Gasteiger partial charge in [0.25, 0.3) is 0 Å². The van der Waals surface area contributed by atoms with E-state index in [0.717, 1.165) is 19.3 Å². The van der Waals surface area contributed by atoms with Crippen molar-refractivity contribution in [2.75, 3.05) is 12.8 Å². The van der Waals surface area contributed by atoms with Crippen LogP contribution in [-0.2, 0) is 10.0 Å². The topological polar surface area (TPSA) is 63.4 Å². The van der Waals surface area contributed by atoms with Gasteiger partial charge in [0.05, 0.1) is 4.90 Å². The number of nitrogens with zero attached hydrogens (tertiary/aromatic N) is 1. The molecule has 6 heteroatoms. The van der Waals surface area contributed by atoms with E-state index in [1.807, 2.05) is 0 Å². The predicted molar refractivity (Wildman–Crippen MR) is 87.0 cm³/mol. The van der Waals surface area contributed by atoms with Crippen molar-refractivity contribution >= 4 is 27.3 Å². The molecule has 0 aliphatic heterocycles. The maximum atomic E-state index is 12.8. The lowest BCUT2D eigenvalue weighted by molar-refractivity contribution is 0.239. The average Bonchev–Trinajstić information content (AvgIpc) is 2.43. The van der Waals surface area contributed by atoms with Crippen LogP contribution in [0.15, 0.2) is 17.0 Å². The van der Waals surface area contributed by atoms with E-state index in [1.54, 1.807) is 14.0 Å². The molecule has 1 aliphatic rings. The van der Waals surface area contributed by atoms with Gasteiger partial charge in [0.15, 0.2) is 0 Å². The Balaban J connectivity index is 2.33. The number of sulfonamides is 1. The van der Waals surface area contributed by atoms with Gasteiger partial charge in [-0.15, -0.1) is 0 Å². The van der Waals surface area contributed by atoms with Gasteiger partial charge in [-0.05, 0) is 43.4 Å². The Labute approximate surface area is 132 Å². The summed E-state index contributed by atoms with van der Waals surface area (Å²) in [5, 5.41) is 0.388. The SMILES string of the molecule is Cc1c(N)cc(S(=O)(=O)N(C)C2CCCC(C)C2)cc1Cl. The fourth-order valence-electron chi connectivity index (χ4n) is 2.92. The fourth-order valence-corrected chi connectivity index (χ4v) is 4.67. The lowest BCUT2D eigenvalue weighted by atomic mass is 9.87. The van der Waals surface area contributed by atoms with E-state index in [2.05, 4.69) is 6.92 Å². The molecule has 2 unspecified atom stereocenters. The van der Waals surface area contributed by atoms with Crippen molar-refractivity contribution in [2.45, 2.75) is 50.5 Å². The summed E-state index contributed by atoms with van der Waals surface area (Å²) in [6.45, 7) is 3.95. The molecule has 21 heavy (non-hydrogen) atoms. The maximum Gasteiger partial charge on any atom is 0.243 e. The third-order valence-electron chi connectivity index (χ3n) is 4.46. The summed E-state index contributed by atoms with van der Waals surface area (Å²) < 4.78 is 27.0. The van der Waals surface area contributed by atoms with Crippen LogP contribution >= 0.6 is 11.6 Å². The average molecular weight is 331 g/mol. The molecule has 1 fully saturated rings. The molecule has 1 aromatic rings. The van der Waals surface area contributed by atoms with E-state index < -0.39 is 10.0 Å². The van der Waals surface area contributed by atoms with E-state index in [1.165, 1.54) is 22.9 Å². The highest BCUT2D eigenvalue weighted by atomic mass is 35.5. The molecule has 118 valence electrons. The normalized spacial score (nSPS) is 23.5. The molecule has 2 N–H and O–H groups in total. The largest absolute Gasteiger partial charge is 0.398 e. The molecule has 0 aromatic heterocycles. The zero-order chi connectivity index (χ0) is 15.8. The van der Waals surface area contributed by atoms with Crippen LogP contribution in [0, 0.1) is 12.8 Å². The minimum absolute atomic E-state index is 0.0556. The van der Waals surface area contributed by atoms with Crippen molar-refractivity contribution < 1.29 is 8.42 Å². The second-order valence-electron chi connectivity index (χ2n) is 6.07. The van der Waals surface area contributed by atoms with Crippen molar-refractivity contribution in [3.8, 4) is 0 Å². The smallest absolute Gasteiger partial charge is 0.243 e. The molecular weight excluding hydrogens is 308 g/mol. The zero-order valence-corrected chi connectivity index (χ0v) is 14.3. The number of hydrogen-bond acceptors (Lipinski definition) is 3. The summed E-state index contributed by atoms with van der Waals surface area (Å²) in [7, 11) is -1.90. The quantitative estimate of drug-likeness (QED) is 0.863. The third kappa shape index (κ3) is 3.35. The molecule has 1 saturated carbocycles. The Morgan fingerprint density at radius 3 is 2.57 bits per heavy atom. The molecule has 4 nitrogen and oxygen atoms in total. The van der Waals surface area contributed by atoms with Crippen molar-refractivity contribution in [3.63, 3.8) is 0 Å². The van der Waals surface area contributed by atoms with Gasteiger partial charge in [-0.3, -0.25) is 0 Å². The van der Waals surface area contributed by atoms with Crippen LogP contribution in [0.3, 0.4) is 0 Å². The standard InChI is InChI=1S/C15H23ClN2O2S/c1-10-5-4-6-12(7-10)18(3)21(19,20)13-8-14(16)11(2)15(17)9-13/h8-10,12H,4-7,17H2,1-3H3. The van der Waals surface area contributed by atoms with Gasteiger partial charge >= 0.3 is 0 Å². The Hall–Kier alpha value is -0.780. The number of anilines is 1. The monoisotopic (exact) mass is 330 g/mol. The Bertz CT molecular complexity index is 608. The van der Waals surface area contributed by atoms with Gasteiger partial charge in [-0.1, -0.05) is 31.4 Å². The number of nitrogens with two attached hydrogens (primary N) is 1. The van der Waals surface area contributed by atoms with Crippen LogP contribution in [-0.4, -0.2) is 25.8 Å². The summed E-state index contributed by atoms with van der Waals surface area (Å²) in [6, 6.07) is 3.05. The van der Waals surface area contributed by atoms with Gasteiger partial charge in [0.1, 0.15) is 0 Å². The Morgan fingerprint density at radius 1 is 1.33 bits per heavy atom. The van der Waals surface area contributed by atoms with Crippen LogP contribution in [0.25, 0.3) is 0 Å². The van der Waals surface area contributed by atoms with Crippen LogP contribution in [0.5, 0.6) is 0 Å². The highest BCUT2D eigenvalue weighted by Crippen LogP contribution is 2.32. The second-order valence-corrected chi connectivity index (χ2v) is 8.47. The lowest BCUT2D eigenvalue weighted by Crippen LogP contribution is -2.39. The van der Waals surface area contributed by atoms with Crippen molar-refractivity contribution in [1.29, 1.82) is 0 Å². The van der Waals surface area contributed by atoms with E-state index in [0.29, 0.717) is 22.2 Å². The van der Waals surface area contributed by atoms with Gasteiger partial charge in [0, 0.05) is 23.8 Å². The second kappa shape index (κ2) is 6.15. The fraction of sp³-hybridized carbons (Fsp3) is 0.600. The van der Waals surface area contributed by atoms with Crippen LogP contribution in [0.1, 0.15) is 38.2 Å². The van der Waals surface area contributed by atoms with Gasteiger partial charge in [-0.2, -0.15) is 4.31 Å². The zero-order valence-electron chi connectivity index (χ0n) is 12.8. The minimum atomic E-state index is -3.55. The van der Waals surface area contributed by atoms with Crippen molar-refractivity contribution in [2.24, 2.45) is 5.92 Å². The molecule has 0 amide bonds. The summed E-state index contributed by atoms with van der Waals surface area (Å²) in [5.74, 6) is 0.563. The molecule has 0 radical (unpaired) electrons. The Morgan fingerprint density at radius 2 is 2.00 bits per heavy atom. The van der Waals surface area contributed by atoms with Crippen molar-refractivity contribution in [1.82, 2.24) is 4.31 Å². The van der Waals surface area contributed by atoms with E-state index in [-0.39, 0.29) is 10.9 Å². The van der Waals surface area contributed by atoms with E-state index >= 15 is 0 Å². The first-order chi connectivity index (χ1) is 9.73. The molecular formula is C15H23ClN2O2S. The van der Waals surface area contributed by atoms with Crippen LogP contribution < -0.4 is 5.73 Å². The molecule has 0 heterocycles. The van der Waals surface area contributed by atoms with Gasteiger partial charge < -0.3 is 5.73 Å².